The first kappa shape index (κ1) is 26.5. The van der Waals surface area contributed by atoms with Gasteiger partial charge in [0.2, 0.25) is 0 Å². The van der Waals surface area contributed by atoms with E-state index in [-0.39, 0.29) is 40.1 Å². The Morgan fingerprint density at radius 3 is 2.54 bits per heavy atom. The van der Waals surface area contributed by atoms with Gasteiger partial charge in [0.15, 0.2) is 18.1 Å². The van der Waals surface area contributed by atoms with Crippen molar-refractivity contribution in [3.63, 3.8) is 0 Å². The summed E-state index contributed by atoms with van der Waals surface area (Å²) in [5.74, 6) is -1.11. The van der Waals surface area contributed by atoms with Gasteiger partial charge in [0, 0.05) is 16.3 Å². The molecular formula is C26H19Cl2FN2O5S. The molecule has 37 heavy (non-hydrogen) atoms. The van der Waals surface area contributed by atoms with E-state index in [4.69, 9.17) is 32.7 Å². The number of hydrogen-bond acceptors (Lipinski definition) is 6. The standard InChI is InChI=1S/C26H19Cl2FN2O5S/c1-35-21-11-15(10-19(28)24(21)36-14-23(32)30-18-8-6-17(27)7-9-18)12-22-25(33)31(26(34)37-22)13-16-4-2-3-5-20(16)29/h2-12H,13-14H2,1H3,(H,30,32)/b22-12-. The van der Waals surface area contributed by atoms with Gasteiger partial charge in [-0.05, 0) is 65.9 Å². The van der Waals surface area contributed by atoms with Crippen molar-refractivity contribution in [1.29, 1.82) is 0 Å². The number of nitrogens with zero attached hydrogens (tertiary/aromatic N) is 1. The third kappa shape index (κ3) is 6.43. The second-order valence-corrected chi connectivity index (χ2v) is 9.57. The van der Waals surface area contributed by atoms with E-state index < -0.39 is 22.9 Å². The van der Waals surface area contributed by atoms with Crippen molar-refractivity contribution >= 4 is 63.8 Å². The lowest BCUT2D eigenvalue weighted by atomic mass is 10.1. The lowest BCUT2D eigenvalue weighted by molar-refractivity contribution is -0.123. The summed E-state index contributed by atoms with van der Waals surface area (Å²) in [5, 5.41) is 2.84. The van der Waals surface area contributed by atoms with Crippen LogP contribution >= 0.6 is 35.0 Å². The average molecular weight is 561 g/mol. The van der Waals surface area contributed by atoms with Gasteiger partial charge in [0.1, 0.15) is 5.82 Å². The predicted molar refractivity (Wildman–Crippen MR) is 141 cm³/mol. The van der Waals surface area contributed by atoms with Gasteiger partial charge in [0.05, 0.1) is 23.6 Å². The van der Waals surface area contributed by atoms with Crippen LogP contribution in [0.3, 0.4) is 0 Å². The normalized spacial score (nSPS) is 14.3. The van der Waals surface area contributed by atoms with E-state index >= 15 is 0 Å². The molecule has 1 aliphatic rings. The summed E-state index contributed by atoms with van der Waals surface area (Å²) >= 11 is 13.0. The molecule has 3 amide bonds. The molecule has 0 aromatic heterocycles. The molecular weight excluding hydrogens is 542 g/mol. The van der Waals surface area contributed by atoms with Crippen LogP contribution in [0.4, 0.5) is 14.9 Å². The Hall–Kier alpha value is -3.53. The van der Waals surface area contributed by atoms with E-state index in [9.17, 15) is 18.8 Å². The van der Waals surface area contributed by atoms with E-state index in [1.807, 2.05) is 0 Å². The van der Waals surface area contributed by atoms with E-state index in [1.54, 1.807) is 36.4 Å². The number of amides is 3. The number of carbonyl (C=O) groups excluding carboxylic acids is 3. The van der Waals surface area contributed by atoms with Crippen molar-refractivity contribution in [2.24, 2.45) is 0 Å². The molecule has 3 aromatic carbocycles. The lowest BCUT2D eigenvalue weighted by Gasteiger charge is -2.14. The highest BCUT2D eigenvalue weighted by atomic mass is 35.5. The number of anilines is 1. The van der Waals surface area contributed by atoms with Crippen LogP contribution in [-0.2, 0) is 16.1 Å². The molecule has 1 aliphatic heterocycles. The van der Waals surface area contributed by atoms with Crippen molar-refractivity contribution in [1.82, 2.24) is 4.90 Å². The average Bonchev–Trinajstić information content (AvgIpc) is 3.13. The summed E-state index contributed by atoms with van der Waals surface area (Å²) in [6, 6.07) is 15.6. The molecule has 7 nitrogen and oxygen atoms in total. The zero-order valence-electron chi connectivity index (χ0n) is 19.3. The molecule has 0 bridgehead atoms. The van der Waals surface area contributed by atoms with Crippen LogP contribution in [0.15, 0.2) is 65.6 Å². The topological polar surface area (TPSA) is 84.9 Å². The molecule has 0 saturated carbocycles. The van der Waals surface area contributed by atoms with Gasteiger partial charge in [-0.3, -0.25) is 19.3 Å². The van der Waals surface area contributed by atoms with Gasteiger partial charge < -0.3 is 14.8 Å². The van der Waals surface area contributed by atoms with E-state index in [2.05, 4.69) is 5.32 Å². The summed E-state index contributed by atoms with van der Waals surface area (Å²) in [6.07, 6.45) is 1.48. The van der Waals surface area contributed by atoms with Crippen molar-refractivity contribution in [3.8, 4) is 11.5 Å². The molecule has 11 heteroatoms. The first-order valence-electron chi connectivity index (χ1n) is 10.8. The molecule has 3 aromatic rings. The van der Waals surface area contributed by atoms with Gasteiger partial charge in [-0.2, -0.15) is 0 Å². The third-order valence-corrected chi connectivity index (χ3v) is 6.63. The van der Waals surface area contributed by atoms with Gasteiger partial charge >= 0.3 is 0 Å². The summed E-state index contributed by atoms with van der Waals surface area (Å²) in [5.41, 5.74) is 1.25. The predicted octanol–water partition coefficient (Wildman–Crippen LogP) is 6.40. The summed E-state index contributed by atoms with van der Waals surface area (Å²) < 4.78 is 25.0. The molecule has 0 unspecified atom stereocenters. The fraction of sp³-hybridized carbons (Fsp3) is 0.115. The number of carbonyl (C=O) groups is 3. The maximum atomic E-state index is 14.0. The molecule has 1 fully saturated rings. The highest BCUT2D eigenvalue weighted by Gasteiger charge is 2.35. The second-order valence-electron chi connectivity index (χ2n) is 7.74. The number of thioether (sulfide) groups is 1. The Balaban J connectivity index is 1.47. The summed E-state index contributed by atoms with van der Waals surface area (Å²) in [6.45, 7) is -0.517. The van der Waals surface area contributed by atoms with Gasteiger partial charge in [-0.1, -0.05) is 41.4 Å². The number of imide groups is 1. The van der Waals surface area contributed by atoms with Crippen molar-refractivity contribution in [2.45, 2.75) is 6.54 Å². The monoisotopic (exact) mass is 560 g/mol. The Labute approximate surface area is 226 Å². The van der Waals surface area contributed by atoms with Crippen LogP contribution < -0.4 is 14.8 Å². The lowest BCUT2D eigenvalue weighted by Crippen LogP contribution is -2.27. The Morgan fingerprint density at radius 2 is 1.84 bits per heavy atom. The van der Waals surface area contributed by atoms with Crippen molar-refractivity contribution in [2.75, 3.05) is 19.0 Å². The van der Waals surface area contributed by atoms with E-state index in [1.165, 1.54) is 37.5 Å². The Morgan fingerprint density at radius 1 is 1.11 bits per heavy atom. The van der Waals surface area contributed by atoms with Crippen LogP contribution in [-0.4, -0.2) is 35.7 Å². The molecule has 0 spiro atoms. The quantitative estimate of drug-likeness (QED) is 0.321. The number of methoxy groups -OCH3 is 1. The van der Waals surface area contributed by atoms with Crippen LogP contribution in [0, 0.1) is 5.82 Å². The fourth-order valence-electron chi connectivity index (χ4n) is 3.42. The maximum Gasteiger partial charge on any atom is 0.293 e. The zero-order chi connectivity index (χ0) is 26.5. The Bertz CT molecular complexity index is 1400. The van der Waals surface area contributed by atoms with Crippen LogP contribution in [0.1, 0.15) is 11.1 Å². The first-order chi connectivity index (χ1) is 17.7. The summed E-state index contributed by atoms with van der Waals surface area (Å²) in [4.78, 5) is 38.7. The van der Waals surface area contributed by atoms with Gasteiger partial charge in [-0.15, -0.1) is 0 Å². The Kier molecular flexibility index (Phi) is 8.38. The number of benzene rings is 3. The van der Waals surface area contributed by atoms with E-state index in [0.29, 0.717) is 16.3 Å². The number of halogens is 3. The molecule has 0 radical (unpaired) electrons. The SMILES string of the molecule is COc1cc(/C=C2\SC(=O)N(Cc3ccccc3F)C2=O)cc(Cl)c1OCC(=O)Nc1ccc(Cl)cc1. The van der Waals surface area contributed by atoms with Gasteiger partial charge in [-0.25, -0.2) is 4.39 Å². The first-order valence-corrected chi connectivity index (χ1v) is 12.4. The maximum absolute atomic E-state index is 14.0. The minimum Gasteiger partial charge on any atom is -0.493 e. The number of hydrogen-bond donors (Lipinski definition) is 1. The summed E-state index contributed by atoms with van der Waals surface area (Å²) in [7, 11) is 1.40. The number of rotatable bonds is 8. The minimum absolute atomic E-state index is 0.135. The largest absolute Gasteiger partial charge is 0.493 e. The van der Waals surface area contributed by atoms with Crippen LogP contribution in [0.2, 0.25) is 10.0 Å². The molecule has 0 atom stereocenters. The smallest absolute Gasteiger partial charge is 0.293 e. The molecule has 1 saturated heterocycles. The zero-order valence-corrected chi connectivity index (χ0v) is 21.6. The van der Waals surface area contributed by atoms with Crippen LogP contribution in [0.5, 0.6) is 11.5 Å². The van der Waals surface area contributed by atoms with E-state index in [0.717, 1.165) is 16.7 Å². The molecule has 4 rings (SSSR count). The highest BCUT2D eigenvalue weighted by Crippen LogP contribution is 2.39. The van der Waals surface area contributed by atoms with Crippen molar-refractivity contribution in [3.05, 3.63) is 92.6 Å². The second kappa shape index (κ2) is 11.7. The molecule has 1 N–H and O–H groups in total. The fourth-order valence-corrected chi connectivity index (χ4v) is 4.65. The molecule has 190 valence electrons. The van der Waals surface area contributed by atoms with Crippen molar-refractivity contribution < 1.29 is 28.2 Å². The molecule has 1 heterocycles. The number of nitrogens with one attached hydrogen (secondary N) is 1. The van der Waals surface area contributed by atoms with Gasteiger partial charge in [0.25, 0.3) is 17.1 Å². The highest BCUT2D eigenvalue weighted by molar-refractivity contribution is 8.18. The minimum atomic E-state index is -0.549. The third-order valence-electron chi connectivity index (χ3n) is 5.18. The molecule has 0 aliphatic carbocycles. The number of ether oxygens (including phenoxy) is 2. The van der Waals surface area contributed by atoms with Crippen LogP contribution in [0.25, 0.3) is 6.08 Å².